The monoisotopic (exact) mass is 293 g/mol. The summed E-state index contributed by atoms with van der Waals surface area (Å²) in [5.74, 6) is 0.239. The fourth-order valence-electron chi connectivity index (χ4n) is 1.76. The summed E-state index contributed by atoms with van der Waals surface area (Å²) < 4.78 is 1.34. The Hall–Kier alpha value is -2.18. The van der Waals surface area contributed by atoms with Crippen molar-refractivity contribution in [3.05, 3.63) is 57.0 Å². The molecule has 2 rings (SSSR count). The minimum atomic E-state index is -0.532. The van der Waals surface area contributed by atoms with Gasteiger partial charge in [0.1, 0.15) is 12.7 Å². The van der Waals surface area contributed by atoms with Crippen LogP contribution in [0.25, 0.3) is 12.2 Å². The van der Waals surface area contributed by atoms with E-state index in [9.17, 15) is 10.1 Å². The van der Waals surface area contributed by atoms with Crippen LogP contribution in [-0.2, 0) is 6.54 Å². The molecule has 0 unspecified atom stereocenters. The predicted octanol–water partition coefficient (Wildman–Crippen LogP) is 2.61. The van der Waals surface area contributed by atoms with E-state index in [4.69, 9.17) is 16.7 Å². The maximum atomic E-state index is 10.9. The molecule has 0 aliphatic rings. The van der Waals surface area contributed by atoms with Crippen LogP contribution >= 0.6 is 11.6 Å². The number of hydrogen-bond donors (Lipinski definition) is 1. The summed E-state index contributed by atoms with van der Waals surface area (Å²) in [6.07, 6.45) is 4.52. The molecule has 1 aromatic heterocycles. The van der Waals surface area contributed by atoms with Crippen molar-refractivity contribution >= 4 is 29.6 Å². The van der Waals surface area contributed by atoms with Crippen LogP contribution in [0.3, 0.4) is 0 Å². The number of nitrogens with zero attached hydrogens (tertiary/aromatic N) is 3. The van der Waals surface area contributed by atoms with Gasteiger partial charge in [0, 0.05) is 11.1 Å². The molecule has 7 heteroatoms. The lowest BCUT2D eigenvalue weighted by atomic mass is 10.2. The molecule has 1 heterocycles. The number of aliphatic hydroxyl groups excluding tert-OH is 1. The largest absolute Gasteiger partial charge is 0.392 e. The Balaban J connectivity index is 2.34. The first kappa shape index (κ1) is 14.2. The second-order valence-corrected chi connectivity index (χ2v) is 4.37. The van der Waals surface area contributed by atoms with Crippen LogP contribution in [0.4, 0.5) is 5.82 Å². The summed E-state index contributed by atoms with van der Waals surface area (Å²) in [5, 5.41) is 20.4. The Kier molecular flexibility index (Phi) is 4.49. The van der Waals surface area contributed by atoms with Crippen molar-refractivity contribution in [2.75, 3.05) is 6.61 Å². The van der Waals surface area contributed by atoms with Crippen molar-refractivity contribution < 1.29 is 10.0 Å². The summed E-state index contributed by atoms with van der Waals surface area (Å²) in [6.45, 7) is -0.0946. The predicted molar refractivity (Wildman–Crippen MR) is 76.3 cm³/mol. The van der Waals surface area contributed by atoms with Gasteiger partial charge >= 0.3 is 5.82 Å². The number of imidazole rings is 1. The maximum absolute atomic E-state index is 10.9. The van der Waals surface area contributed by atoms with Gasteiger partial charge in [-0.25, -0.2) is 9.55 Å². The number of hydrogen-bond acceptors (Lipinski definition) is 4. The quantitative estimate of drug-likeness (QED) is 0.678. The number of benzene rings is 1. The van der Waals surface area contributed by atoms with Crippen molar-refractivity contribution in [3.8, 4) is 0 Å². The summed E-state index contributed by atoms with van der Waals surface area (Å²) in [7, 11) is 0. The van der Waals surface area contributed by atoms with Crippen LogP contribution in [0.2, 0.25) is 5.02 Å². The van der Waals surface area contributed by atoms with E-state index in [2.05, 4.69) is 4.98 Å². The van der Waals surface area contributed by atoms with E-state index in [1.165, 1.54) is 10.8 Å². The van der Waals surface area contributed by atoms with E-state index < -0.39 is 4.92 Å². The third kappa shape index (κ3) is 3.04. The van der Waals surface area contributed by atoms with Crippen molar-refractivity contribution in [3.63, 3.8) is 0 Å². The van der Waals surface area contributed by atoms with E-state index in [0.717, 1.165) is 5.56 Å². The lowest BCUT2D eigenvalue weighted by molar-refractivity contribution is -0.392. The Bertz CT molecular complexity index is 652. The van der Waals surface area contributed by atoms with Crippen LogP contribution in [0.1, 0.15) is 11.4 Å². The summed E-state index contributed by atoms with van der Waals surface area (Å²) in [6, 6.07) is 7.24. The van der Waals surface area contributed by atoms with Crippen LogP contribution in [-0.4, -0.2) is 26.2 Å². The molecule has 0 saturated carbocycles. The third-order valence-corrected chi connectivity index (χ3v) is 3.04. The molecular formula is C13H12ClN3O3. The smallest absolute Gasteiger partial charge is 0.343 e. The Morgan fingerprint density at radius 3 is 2.80 bits per heavy atom. The first-order chi connectivity index (χ1) is 9.63. The van der Waals surface area contributed by atoms with Crippen LogP contribution in [0.15, 0.2) is 30.5 Å². The molecule has 0 atom stereocenters. The van der Waals surface area contributed by atoms with Crippen LogP contribution < -0.4 is 0 Å². The second-order valence-electron chi connectivity index (χ2n) is 3.96. The molecule has 0 saturated heterocycles. The van der Waals surface area contributed by atoms with Gasteiger partial charge in [0.25, 0.3) is 0 Å². The lowest BCUT2D eigenvalue weighted by Gasteiger charge is -2.00. The van der Waals surface area contributed by atoms with Gasteiger partial charge in [0.05, 0.1) is 6.61 Å². The maximum Gasteiger partial charge on any atom is 0.343 e. The summed E-state index contributed by atoms with van der Waals surface area (Å²) in [4.78, 5) is 14.3. The van der Waals surface area contributed by atoms with E-state index >= 15 is 0 Å². The SMILES string of the molecule is O=[N+]([O-])c1cnc(/C=C/c2ccccc2Cl)n1CCO. The van der Waals surface area contributed by atoms with Gasteiger partial charge in [-0.1, -0.05) is 29.8 Å². The highest BCUT2D eigenvalue weighted by atomic mass is 35.5. The Labute approximate surface area is 120 Å². The van der Waals surface area contributed by atoms with E-state index in [-0.39, 0.29) is 19.0 Å². The molecule has 0 fully saturated rings. The molecule has 0 aliphatic carbocycles. The lowest BCUT2D eigenvalue weighted by Crippen LogP contribution is -2.07. The van der Waals surface area contributed by atoms with Gasteiger partial charge in [-0.2, -0.15) is 0 Å². The van der Waals surface area contributed by atoms with Gasteiger partial charge in [0.15, 0.2) is 0 Å². The number of halogens is 1. The minimum Gasteiger partial charge on any atom is -0.392 e. The Morgan fingerprint density at radius 2 is 2.15 bits per heavy atom. The standard InChI is InChI=1S/C13H12ClN3O3/c14-11-4-2-1-3-10(11)5-6-12-15-9-13(17(19)20)16(12)7-8-18/h1-6,9,18H,7-8H2/b6-5+. The number of nitro groups is 1. The van der Waals surface area contributed by atoms with E-state index in [1.54, 1.807) is 18.2 Å². The van der Waals surface area contributed by atoms with Gasteiger partial charge in [-0.3, -0.25) is 0 Å². The highest BCUT2D eigenvalue weighted by Crippen LogP contribution is 2.19. The first-order valence-electron chi connectivity index (χ1n) is 5.87. The highest BCUT2D eigenvalue weighted by molar-refractivity contribution is 6.32. The van der Waals surface area contributed by atoms with Gasteiger partial charge in [0.2, 0.25) is 5.82 Å². The molecule has 1 aromatic carbocycles. The van der Waals surface area contributed by atoms with Crippen molar-refractivity contribution in [1.29, 1.82) is 0 Å². The van der Waals surface area contributed by atoms with E-state index in [1.807, 2.05) is 18.2 Å². The summed E-state index contributed by atoms with van der Waals surface area (Å²) in [5.41, 5.74) is 0.787. The Morgan fingerprint density at radius 1 is 1.40 bits per heavy atom. The summed E-state index contributed by atoms with van der Waals surface area (Å²) >= 11 is 6.02. The highest BCUT2D eigenvalue weighted by Gasteiger charge is 2.17. The molecule has 6 nitrogen and oxygen atoms in total. The third-order valence-electron chi connectivity index (χ3n) is 2.69. The normalized spacial score (nSPS) is 11.1. The fraction of sp³-hybridized carbons (Fsp3) is 0.154. The molecule has 0 bridgehead atoms. The number of aliphatic hydroxyl groups is 1. The molecule has 104 valence electrons. The molecule has 0 spiro atoms. The first-order valence-corrected chi connectivity index (χ1v) is 6.24. The topological polar surface area (TPSA) is 81.2 Å². The van der Waals surface area contributed by atoms with Gasteiger partial charge in [-0.15, -0.1) is 0 Å². The number of aromatic nitrogens is 2. The average Bonchev–Trinajstić information content (AvgIpc) is 2.82. The van der Waals surface area contributed by atoms with Crippen molar-refractivity contribution in [2.45, 2.75) is 6.54 Å². The van der Waals surface area contributed by atoms with Gasteiger partial charge in [-0.05, 0) is 22.6 Å². The second kappa shape index (κ2) is 6.31. The fourth-order valence-corrected chi connectivity index (χ4v) is 1.96. The van der Waals surface area contributed by atoms with Crippen molar-refractivity contribution in [1.82, 2.24) is 9.55 Å². The van der Waals surface area contributed by atoms with Gasteiger partial charge < -0.3 is 15.2 Å². The zero-order valence-electron chi connectivity index (χ0n) is 10.4. The molecule has 1 N–H and O–H groups in total. The average molecular weight is 294 g/mol. The molecule has 20 heavy (non-hydrogen) atoms. The number of rotatable bonds is 5. The van der Waals surface area contributed by atoms with Crippen LogP contribution in [0, 0.1) is 10.1 Å². The molecule has 0 aliphatic heterocycles. The molecule has 0 radical (unpaired) electrons. The zero-order chi connectivity index (χ0) is 14.5. The molecule has 0 amide bonds. The molecular weight excluding hydrogens is 282 g/mol. The van der Waals surface area contributed by atoms with E-state index in [0.29, 0.717) is 10.8 Å². The van der Waals surface area contributed by atoms with Crippen molar-refractivity contribution in [2.24, 2.45) is 0 Å². The minimum absolute atomic E-state index is 0.110. The molecule has 2 aromatic rings. The zero-order valence-corrected chi connectivity index (χ0v) is 11.2. The van der Waals surface area contributed by atoms with Crippen LogP contribution in [0.5, 0.6) is 0 Å².